The van der Waals surface area contributed by atoms with Crippen LogP contribution in [0.1, 0.15) is 130 Å². The van der Waals surface area contributed by atoms with E-state index < -0.39 is 43.6 Å². The van der Waals surface area contributed by atoms with Gasteiger partial charge in [0.1, 0.15) is 139 Å². The van der Waals surface area contributed by atoms with Crippen LogP contribution in [0.25, 0.3) is 0 Å². The summed E-state index contributed by atoms with van der Waals surface area (Å²) in [5, 5.41) is 28.8. The molecule has 0 aliphatic rings. The quantitative estimate of drug-likeness (QED) is 0.0218. The lowest BCUT2D eigenvalue weighted by Gasteiger charge is -2.28. The Bertz CT molecular complexity index is 5900. The lowest BCUT2D eigenvalue weighted by atomic mass is 10.3. The smallest absolute Gasteiger partial charge is 0.112 e. The molecule has 18 rings (SSSR count). The maximum atomic E-state index is 3.64. The minimum absolute atomic E-state index is 0. The molecule has 149 heavy (non-hydrogen) atoms. The summed E-state index contributed by atoms with van der Waals surface area (Å²) in [7, 11) is -1.20. The topological polar surface area (TPSA) is 6.48 Å². The highest BCUT2D eigenvalue weighted by molar-refractivity contribution is 9.09. The van der Waals surface area contributed by atoms with E-state index in [1.165, 1.54) is 202 Å². The van der Waals surface area contributed by atoms with Crippen LogP contribution < -0.4 is 105 Å². The molecule has 0 aliphatic carbocycles. The van der Waals surface area contributed by atoms with Crippen LogP contribution in [0.2, 0.25) is 0 Å². The Morgan fingerprint density at radius 1 is 0.141 bits per heavy atom. The van der Waals surface area contributed by atoms with E-state index >= 15 is 0 Å². The third-order valence-electron chi connectivity index (χ3n) is 27.1. The van der Waals surface area contributed by atoms with Crippen molar-refractivity contribution in [3.63, 3.8) is 0 Å². The lowest BCUT2D eigenvalue weighted by Crippen LogP contribution is -2.33. The van der Waals surface area contributed by atoms with Gasteiger partial charge in [0.05, 0.1) is 37.0 Å². The minimum Gasteiger partial charge on any atom is -0.378 e. The molecule has 18 aromatic carbocycles. The monoisotopic (exact) mass is 2210 g/mol. The molecular weight excluding hydrogens is 2040 g/mol. The van der Waals surface area contributed by atoms with Gasteiger partial charge in [-0.25, -0.2) is 0 Å². The Hall–Kier alpha value is -10.9. The van der Waals surface area contributed by atoms with Gasteiger partial charge < -0.3 is 9.80 Å². The highest BCUT2D eigenvalue weighted by atomic mass is 79.9. The first-order valence-corrected chi connectivity index (χ1v) is 65.3. The summed E-state index contributed by atoms with van der Waals surface area (Å²) in [5.41, 5.74) is 2.50. The molecule has 0 radical (unpaired) electrons. The third-order valence-corrected chi connectivity index (χ3v) is 55.6. The molecule has 0 bridgehead atoms. The molecule has 0 amide bonds. The zero-order valence-electron chi connectivity index (χ0n) is 85.2. The second-order valence-electron chi connectivity index (χ2n) is 36.5. The molecule has 0 atom stereocenters. The van der Waals surface area contributed by atoms with Crippen LogP contribution in [0.5, 0.6) is 0 Å². The number of halogens is 2. The number of unbranched alkanes of at least 4 members (excludes halogenated alkanes) is 3. The van der Waals surface area contributed by atoms with Crippen LogP contribution in [0.3, 0.4) is 0 Å². The van der Waals surface area contributed by atoms with E-state index in [2.05, 4.69) is 631 Å². The highest BCUT2D eigenvalue weighted by Crippen LogP contribution is 2.61. The van der Waals surface area contributed by atoms with Gasteiger partial charge >= 0.3 is 0 Å². The van der Waals surface area contributed by atoms with E-state index in [4.69, 9.17) is 0 Å². The Kier molecular flexibility index (Phi) is 55.4. The SMILES string of the molecule is BrCCCC[P+](c1ccccc1)(c1ccccc1)c1ccccc1.BrCCC[P+](c1ccccc1)(c1ccccc1)c1ccccc1.C.C.C.C.C.C.CCCC[P+](c1ccccc1)(c1ccccc1)c1ccc(N(C)C)cc1.CCCC[P+](c1ccccc1)(c1ccccc1)c1ccccc1.CCC[P+](c1ccccc1)(c1ccccc1)c1ccc(N(C)C)cc1.CCC[P+](c1ccccc1)(c1ccccc1)c1ccccc1. The van der Waals surface area contributed by atoms with E-state index in [1.54, 1.807) is 0 Å². The molecule has 0 aromatic heterocycles. The summed E-state index contributed by atoms with van der Waals surface area (Å²) in [6.45, 7) is 9.17. The molecular formula is C139H170Br2N2P6+6. The van der Waals surface area contributed by atoms with Crippen LogP contribution in [0, 0.1) is 0 Å². The number of rotatable bonds is 37. The molecule has 0 aliphatic heterocycles. The minimum atomic E-state index is -1.64. The molecule has 2 nitrogen and oxygen atoms in total. The average molecular weight is 2210 g/mol. The van der Waals surface area contributed by atoms with Crippen molar-refractivity contribution in [2.45, 2.75) is 130 Å². The normalized spacial score (nSPS) is 10.9. The molecule has 0 saturated carbocycles. The zero-order valence-corrected chi connectivity index (χ0v) is 93.7. The fraction of sp³-hybridized carbons (Fsp3) is 0.223. The van der Waals surface area contributed by atoms with E-state index in [0.717, 1.165) is 10.7 Å². The summed E-state index contributed by atoms with van der Waals surface area (Å²) in [4.78, 5) is 4.33. The first-order valence-electron chi connectivity index (χ1n) is 51.2. The molecule has 18 aromatic rings. The molecule has 774 valence electrons. The molecule has 0 heterocycles. The molecule has 0 N–H and O–H groups in total. The Balaban J connectivity index is 0.000000240. The number of hydrogen-bond donors (Lipinski definition) is 0. The van der Waals surface area contributed by atoms with Crippen molar-refractivity contribution < 1.29 is 0 Å². The van der Waals surface area contributed by atoms with Gasteiger partial charge in [-0.3, -0.25) is 0 Å². The average Bonchev–Trinajstić information content (AvgIpc) is 0.771. The second kappa shape index (κ2) is 66.0. The van der Waals surface area contributed by atoms with Gasteiger partial charge in [-0.05, 0) is 288 Å². The van der Waals surface area contributed by atoms with Crippen LogP contribution in [0.4, 0.5) is 11.4 Å². The van der Waals surface area contributed by atoms with E-state index in [1.807, 2.05) is 0 Å². The van der Waals surface area contributed by atoms with Crippen LogP contribution in [-0.2, 0) is 0 Å². The van der Waals surface area contributed by atoms with E-state index in [-0.39, 0.29) is 44.6 Å². The summed E-state index contributed by atoms with van der Waals surface area (Å²) >= 11 is 7.24. The standard InChI is InChI=1S/C24H29NP.C23H27NP.C22H23BrP.C22H24P.C21H21BrP.C21H22P.6CH4/c1-4-5-20-26(22-12-8-6-9-13-22,23-14-10-7-11-15-23)24-18-16-21(17-19-24)25(2)3;1-4-19-25(21-11-7-5-8-12-21,22-13-9-6-10-14-22)23-17-15-20(16-18-23)24(2)3;23-18-10-11-19-24(20-12-4-1-5-13-20,21-14-6-2-7-15-21)22-16-8-3-9-17-22;1-2-3-19-23(20-13-7-4-8-14-20,21-15-9-5-10-16-21)22-17-11-6-12-18-22;22-17-10-18-23(19-11-4-1-5-12-19,20-13-6-2-7-14-20)21-15-8-3-9-16-21;1-2-18-22(19-12-6-3-7-13-19,20-14-8-4-9-15-20)21-16-10-5-11-17-21;;;;;;/h6-19H,4-5,20H2,1-3H3;5-18H,4,19H2,1-3H3;1-9,12-17H,10-11,18-19H2;4-18H,2-3,19H2,1H3;1-9,11-16H,10,17-18H2;3-17H,2,18H2,1H3;6*1H4/q6*+1;;;;;;. The van der Waals surface area contributed by atoms with Gasteiger partial charge in [0, 0.05) is 50.2 Å². The third kappa shape index (κ3) is 31.4. The first-order chi connectivity index (χ1) is 70.4. The van der Waals surface area contributed by atoms with Crippen molar-refractivity contribution >= 4 is 182 Å². The first kappa shape index (κ1) is 125. The maximum absolute atomic E-state index is 3.64. The molecule has 0 unspecified atom stereocenters. The van der Waals surface area contributed by atoms with Crippen molar-refractivity contribution in [1.82, 2.24) is 0 Å². The molecule has 0 fully saturated rings. The van der Waals surface area contributed by atoms with Crippen LogP contribution >= 0.6 is 75.4 Å². The van der Waals surface area contributed by atoms with Gasteiger partial charge in [0.2, 0.25) is 0 Å². The lowest BCUT2D eigenvalue weighted by molar-refractivity contribution is 0.891. The summed E-state index contributed by atoms with van der Waals surface area (Å²) in [6.07, 6.45) is 18.2. The van der Waals surface area contributed by atoms with Crippen LogP contribution in [0.15, 0.2) is 534 Å². The Morgan fingerprint density at radius 3 is 0.383 bits per heavy atom. The van der Waals surface area contributed by atoms with Crippen molar-refractivity contribution in [2.24, 2.45) is 0 Å². The summed E-state index contributed by atoms with van der Waals surface area (Å²) in [5.74, 6) is 0. The van der Waals surface area contributed by atoms with Crippen molar-refractivity contribution in [3.8, 4) is 0 Å². The maximum Gasteiger partial charge on any atom is 0.112 e. The Labute approximate surface area is 924 Å². The fourth-order valence-corrected chi connectivity index (χ4v) is 47.7. The highest BCUT2D eigenvalue weighted by Gasteiger charge is 2.50. The number of hydrogen-bond acceptors (Lipinski definition) is 2. The summed E-state index contributed by atoms with van der Waals surface area (Å²) < 4.78 is 0. The molecule has 0 spiro atoms. The zero-order chi connectivity index (χ0) is 99.9. The van der Waals surface area contributed by atoms with Crippen molar-refractivity contribution in [2.75, 3.05) is 85.6 Å². The number of anilines is 2. The van der Waals surface area contributed by atoms with Crippen LogP contribution in [-0.4, -0.2) is 75.8 Å². The molecule has 0 saturated heterocycles. The largest absolute Gasteiger partial charge is 0.378 e. The van der Waals surface area contributed by atoms with Gasteiger partial charge in [-0.1, -0.05) is 408 Å². The fourth-order valence-electron chi connectivity index (χ4n) is 20.1. The number of nitrogens with zero attached hydrogens (tertiary/aromatic N) is 2. The Morgan fingerprint density at radius 2 is 0.262 bits per heavy atom. The predicted molar refractivity (Wildman–Crippen MR) is 701 cm³/mol. The predicted octanol–water partition coefficient (Wildman–Crippen LogP) is 32.2. The molecule has 10 heteroatoms. The van der Waals surface area contributed by atoms with E-state index in [9.17, 15) is 0 Å². The summed E-state index contributed by atoms with van der Waals surface area (Å²) in [6, 6.07) is 196. The van der Waals surface area contributed by atoms with E-state index in [0.29, 0.717) is 0 Å². The van der Waals surface area contributed by atoms with Gasteiger partial charge in [-0.2, -0.15) is 0 Å². The van der Waals surface area contributed by atoms with Gasteiger partial charge in [0.25, 0.3) is 0 Å². The number of alkyl halides is 2. The second-order valence-corrected chi connectivity index (χ2v) is 59.8. The number of benzene rings is 18. The van der Waals surface area contributed by atoms with Crippen molar-refractivity contribution in [3.05, 3.63) is 534 Å². The van der Waals surface area contributed by atoms with Gasteiger partial charge in [0.15, 0.2) is 0 Å². The van der Waals surface area contributed by atoms with Gasteiger partial charge in [-0.15, -0.1) is 0 Å². The van der Waals surface area contributed by atoms with Crippen molar-refractivity contribution in [1.29, 1.82) is 0 Å².